The molecule has 0 atom stereocenters. The molecule has 0 radical (unpaired) electrons. The first-order chi connectivity index (χ1) is 10.3. The quantitative estimate of drug-likeness (QED) is 0.790. The van der Waals surface area contributed by atoms with Gasteiger partial charge in [-0.25, -0.2) is 4.98 Å². The van der Waals surface area contributed by atoms with Gasteiger partial charge in [-0.3, -0.25) is 4.98 Å². The lowest BCUT2D eigenvalue weighted by molar-refractivity contribution is -0.0236. The highest BCUT2D eigenvalue weighted by atomic mass is 16.3. The Hall–Kier alpha value is -2.28. The van der Waals surface area contributed by atoms with Crippen LogP contribution in [0.25, 0.3) is 11.4 Å². The molecule has 0 spiro atoms. The number of rotatable bonds is 3. The Morgan fingerprint density at radius 3 is 2.55 bits per heavy atom. The van der Waals surface area contributed by atoms with Crippen LogP contribution in [0, 0.1) is 13.8 Å². The molecule has 3 rings (SSSR count). The van der Waals surface area contributed by atoms with E-state index in [1.54, 1.807) is 19.2 Å². The van der Waals surface area contributed by atoms with Gasteiger partial charge in [0.05, 0.1) is 11.3 Å². The van der Waals surface area contributed by atoms with Gasteiger partial charge in [0.1, 0.15) is 17.1 Å². The van der Waals surface area contributed by atoms with Crippen molar-refractivity contribution in [1.82, 2.24) is 20.2 Å². The zero-order valence-corrected chi connectivity index (χ0v) is 12.8. The molecule has 1 aliphatic rings. The second-order valence-electron chi connectivity index (χ2n) is 6.20. The zero-order chi connectivity index (χ0) is 15.9. The maximum Gasteiger partial charge on any atom is 0.243 e. The summed E-state index contributed by atoms with van der Waals surface area (Å²) in [5, 5.41) is 31.0. The lowest BCUT2D eigenvalue weighted by Crippen LogP contribution is -2.48. The molecule has 2 aromatic heterocycles. The van der Waals surface area contributed by atoms with Gasteiger partial charge in [0.15, 0.2) is 0 Å². The van der Waals surface area contributed by atoms with Crippen molar-refractivity contribution in [3.63, 3.8) is 0 Å². The number of hydrogen-bond donors (Lipinski definition) is 3. The van der Waals surface area contributed by atoms with Gasteiger partial charge in [0, 0.05) is 12.2 Å². The maximum absolute atomic E-state index is 9.99. The highest BCUT2D eigenvalue weighted by Crippen LogP contribution is 2.33. The van der Waals surface area contributed by atoms with Crippen molar-refractivity contribution >= 4 is 5.95 Å². The molecular formula is C15H19N5O2. The number of hydrogen-bond acceptors (Lipinski definition) is 7. The van der Waals surface area contributed by atoms with Crippen molar-refractivity contribution < 1.29 is 10.2 Å². The molecule has 2 heterocycles. The smallest absolute Gasteiger partial charge is 0.243 e. The maximum atomic E-state index is 9.99. The molecule has 0 aromatic carbocycles. The van der Waals surface area contributed by atoms with Crippen LogP contribution in [0.3, 0.4) is 0 Å². The number of nitrogens with one attached hydrogen (secondary N) is 1. The van der Waals surface area contributed by atoms with Gasteiger partial charge in [-0.05, 0) is 45.2 Å². The Bertz CT molecular complexity index is 709. The molecule has 0 unspecified atom stereocenters. The summed E-state index contributed by atoms with van der Waals surface area (Å²) in [6.45, 7) is 5.46. The number of nitrogens with zero attached hydrogens (tertiary/aromatic N) is 4. The van der Waals surface area contributed by atoms with E-state index in [1.165, 1.54) is 0 Å². The van der Waals surface area contributed by atoms with E-state index in [4.69, 9.17) is 0 Å². The second-order valence-corrected chi connectivity index (χ2v) is 6.20. The van der Waals surface area contributed by atoms with Crippen molar-refractivity contribution in [3.8, 4) is 17.1 Å². The van der Waals surface area contributed by atoms with Gasteiger partial charge in [0.2, 0.25) is 5.95 Å². The summed E-state index contributed by atoms with van der Waals surface area (Å²) >= 11 is 0. The van der Waals surface area contributed by atoms with Crippen LogP contribution in [0.4, 0.5) is 5.95 Å². The van der Waals surface area contributed by atoms with Crippen LogP contribution in [0.15, 0.2) is 12.3 Å². The standard InChI is InChI=1S/C15H19N5O2/c1-8-4-11(21)13(16-7-8)12-9(2)17-14(20-19-12)18-10-5-15(3,22)6-10/h4,7,10,21-22H,5-6H2,1-3H3,(H,17,18,20). The summed E-state index contributed by atoms with van der Waals surface area (Å²) in [6, 6.07) is 1.79. The van der Waals surface area contributed by atoms with Gasteiger partial charge < -0.3 is 15.5 Å². The molecule has 7 heteroatoms. The van der Waals surface area contributed by atoms with Gasteiger partial charge in [-0.1, -0.05) is 0 Å². The number of aromatic nitrogens is 4. The van der Waals surface area contributed by atoms with Gasteiger partial charge >= 0.3 is 0 Å². The van der Waals surface area contributed by atoms with Gasteiger partial charge in [-0.15, -0.1) is 10.2 Å². The fraction of sp³-hybridized carbons (Fsp3) is 0.467. The Morgan fingerprint density at radius 2 is 1.95 bits per heavy atom. The predicted octanol–water partition coefficient (Wildman–Crippen LogP) is 1.58. The molecule has 3 N–H and O–H groups in total. The summed E-state index contributed by atoms with van der Waals surface area (Å²) < 4.78 is 0. The molecule has 22 heavy (non-hydrogen) atoms. The average Bonchev–Trinajstić information content (AvgIpc) is 2.38. The minimum absolute atomic E-state index is 0.0648. The number of aliphatic hydroxyl groups is 1. The van der Waals surface area contributed by atoms with Gasteiger partial charge in [0.25, 0.3) is 0 Å². The molecular weight excluding hydrogens is 282 g/mol. The van der Waals surface area contributed by atoms with Crippen LogP contribution in [0.5, 0.6) is 5.75 Å². The van der Waals surface area contributed by atoms with E-state index in [0.29, 0.717) is 35.9 Å². The molecule has 0 saturated heterocycles. The Kier molecular flexibility index (Phi) is 3.44. The van der Waals surface area contributed by atoms with E-state index in [9.17, 15) is 10.2 Å². The lowest BCUT2D eigenvalue weighted by Gasteiger charge is -2.41. The molecule has 0 aliphatic heterocycles. The first kappa shape index (κ1) is 14.6. The number of aromatic hydroxyl groups is 1. The first-order valence-corrected chi connectivity index (χ1v) is 7.20. The van der Waals surface area contributed by atoms with Gasteiger partial charge in [-0.2, -0.15) is 0 Å². The van der Waals surface area contributed by atoms with E-state index < -0.39 is 5.60 Å². The summed E-state index contributed by atoms with van der Waals surface area (Å²) in [4.78, 5) is 8.57. The second kappa shape index (κ2) is 5.17. The molecule has 116 valence electrons. The average molecular weight is 301 g/mol. The van der Waals surface area contributed by atoms with Crippen molar-refractivity contribution in [3.05, 3.63) is 23.5 Å². The highest BCUT2D eigenvalue weighted by molar-refractivity contribution is 5.64. The lowest BCUT2D eigenvalue weighted by atomic mass is 9.77. The summed E-state index contributed by atoms with van der Waals surface area (Å²) in [6.07, 6.45) is 2.99. The van der Waals surface area contributed by atoms with E-state index >= 15 is 0 Å². The van der Waals surface area contributed by atoms with Crippen molar-refractivity contribution in [2.45, 2.75) is 45.3 Å². The fourth-order valence-corrected chi connectivity index (χ4v) is 2.71. The summed E-state index contributed by atoms with van der Waals surface area (Å²) in [5.74, 6) is 0.489. The third-order valence-corrected chi connectivity index (χ3v) is 3.80. The summed E-state index contributed by atoms with van der Waals surface area (Å²) in [5.41, 5.74) is 1.74. The number of pyridine rings is 1. The largest absolute Gasteiger partial charge is 0.506 e. The fourth-order valence-electron chi connectivity index (χ4n) is 2.71. The third kappa shape index (κ3) is 2.85. The Labute approximate surface area is 128 Å². The normalized spacial score (nSPS) is 23.9. The van der Waals surface area contributed by atoms with Crippen molar-refractivity contribution in [2.24, 2.45) is 0 Å². The van der Waals surface area contributed by atoms with Crippen LogP contribution < -0.4 is 5.32 Å². The Morgan fingerprint density at radius 1 is 1.23 bits per heavy atom. The molecule has 2 aromatic rings. The zero-order valence-electron chi connectivity index (χ0n) is 12.8. The van der Waals surface area contributed by atoms with Crippen LogP contribution in [0.2, 0.25) is 0 Å². The predicted molar refractivity (Wildman–Crippen MR) is 81.5 cm³/mol. The van der Waals surface area contributed by atoms with Crippen LogP contribution in [0.1, 0.15) is 31.0 Å². The summed E-state index contributed by atoms with van der Waals surface area (Å²) in [7, 11) is 0. The molecule has 1 saturated carbocycles. The molecule has 0 amide bonds. The van der Waals surface area contributed by atoms with E-state index in [-0.39, 0.29) is 11.8 Å². The Balaban J connectivity index is 1.80. The molecule has 1 fully saturated rings. The number of anilines is 1. The molecule has 1 aliphatic carbocycles. The van der Waals surface area contributed by atoms with Crippen molar-refractivity contribution in [2.75, 3.05) is 5.32 Å². The van der Waals surface area contributed by atoms with Crippen LogP contribution >= 0.6 is 0 Å². The monoisotopic (exact) mass is 301 g/mol. The molecule has 0 bridgehead atoms. The third-order valence-electron chi connectivity index (χ3n) is 3.80. The topological polar surface area (TPSA) is 104 Å². The molecule has 7 nitrogen and oxygen atoms in total. The minimum atomic E-state index is -0.600. The minimum Gasteiger partial charge on any atom is -0.506 e. The van der Waals surface area contributed by atoms with Crippen LogP contribution in [-0.4, -0.2) is 42.0 Å². The van der Waals surface area contributed by atoms with Crippen LogP contribution in [-0.2, 0) is 0 Å². The van der Waals surface area contributed by atoms with E-state index in [1.807, 2.05) is 13.8 Å². The number of aryl methyl sites for hydroxylation is 2. The van der Waals surface area contributed by atoms with Crippen molar-refractivity contribution in [1.29, 1.82) is 0 Å². The van der Waals surface area contributed by atoms with E-state index in [0.717, 1.165) is 5.56 Å². The first-order valence-electron chi connectivity index (χ1n) is 7.20. The highest BCUT2D eigenvalue weighted by Gasteiger charge is 2.38. The van der Waals surface area contributed by atoms with E-state index in [2.05, 4.69) is 25.5 Å². The SMILES string of the molecule is Cc1cnc(-c2nnc(NC3CC(C)(O)C3)nc2C)c(O)c1.